The van der Waals surface area contributed by atoms with Crippen molar-refractivity contribution < 1.29 is 14.8 Å². The highest BCUT2D eigenvalue weighted by Gasteiger charge is 2.26. The molecule has 1 aromatic rings. The number of nitrogens with zero attached hydrogens (tertiary/aromatic N) is 1. The Hall–Kier alpha value is -2.18. The Kier molecular flexibility index (Phi) is 3.07. The molecule has 2 N–H and O–H groups in total. The summed E-state index contributed by atoms with van der Waals surface area (Å²) in [6.45, 7) is 3.18. The molecular weight excluding hydrogens is 216 g/mol. The maximum atomic E-state index is 11.3. The van der Waals surface area contributed by atoms with Gasteiger partial charge in [-0.2, -0.15) is 0 Å². The molecule has 16 heavy (non-hydrogen) atoms. The zero-order valence-electron chi connectivity index (χ0n) is 8.68. The van der Waals surface area contributed by atoms with Crippen molar-refractivity contribution in [2.45, 2.75) is 19.8 Å². The van der Waals surface area contributed by atoms with Crippen molar-refractivity contribution in [3.8, 4) is 0 Å². The van der Waals surface area contributed by atoms with Crippen molar-refractivity contribution in [2.75, 3.05) is 0 Å². The number of nitrogens with one attached hydrogen (secondary N) is 1. The second kappa shape index (κ2) is 4.13. The van der Waals surface area contributed by atoms with Crippen molar-refractivity contribution in [1.82, 2.24) is 4.98 Å². The lowest BCUT2D eigenvalue weighted by atomic mass is 9.97. The fourth-order valence-corrected chi connectivity index (χ4v) is 1.48. The maximum absolute atomic E-state index is 11.3. The zero-order chi connectivity index (χ0) is 12.5. The molecule has 1 rings (SSSR count). The van der Waals surface area contributed by atoms with Crippen molar-refractivity contribution in [1.29, 1.82) is 0 Å². The molecule has 1 heterocycles. The standard InChI is InChI=1S/C9H10N2O5/c1-4(2)6-5(11(15)16)3-10-8(12)7(6)9(13)14/h3-4H,1-2H3,(H,10,12)(H,13,14). The molecule has 86 valence electrons. The molecule has 1 aromatic heterocycles. The van der Waals surface area contributed by atoms with E-state index in [4.69, 9.17) is 5.11 Å². The van der Waals surface area contributed by atoms with Crippen LogP contribution in [-0.2, 0) is 0 Å². The predicted octanol–water partition coefficient (Wildman–Crippen LogP) is 1.10. The normalized spacial score (nSPS) is 10.4. The van der Waals surface area contributed by atoms with Gasteiger partial charge < -0.3 is 10.1 Å². The minimum atomic E-state index is -1.46. The molecule has 7 nitrogen and oxygen atoms in total. The van der Waals surface area contributed by atoms with Gasteiger partial charge >= 0.3 is 5.97 Å². The van der Waals surface area contributed by atoms with Crippen LogP contribution in [0.2, 0.25) is 0 Å². The lowest BCUT2D eigenvalue weighted by Crippen LogP contribution is -2.22. The van der Waals surface area contributed by atoms with Crippen LogP contribution in [0.3, 0.4) is 0 Å². The lowest BCUT2D eigenvalue weighted by Gasteiger charge is -2.08. The molecule has 0 saturated carbocycles. The summed E-state index contributed by atoms with van der Waals surface area (Å²) in [5.74, 6) is -1.89. The minimum absolute atomic E-state index is 0.0544. The number of carboxylic acid groups (broad SMARTS) is 1. The van der Waals surface area contributed by atoms with Gasteiger partial charge in [-0.25, -0.2) is 4.79 Å². The number of pyridine rings is 1. The third-order valence-electron chi connectivity index (χ3n) is 2.10. The molecule has 0 bridgehead atoms. The highest BCUT2D eigenvalue weighted by molar-refractivity contribution is 5.90. The monoisotopic (exact) mass is 226 g/mol. The first-order valence-electron chi connectivity index (χ1n) is 4.49. The Morgan fingerprint density at radius 1 is 1.56 bits per heavy atom. The van der Waals surface area contributed by atoms with Crippen LogP contribution in [0.1, 0.15) is 35.7 Å². The lowest BCUT2D eigenvalue weighted by molar-refractivity contribution is -0.386. The van der Waals surface area contributed by atoms with Gasteiger partial charge in [0.2, 0.25) is 0 Å². The van der Waals surface area contributed by atoms with Gasteiger partial charge in [0.1, 0.15) is 5.56 Å². The van der Waals surface area contributed by atoms with Gasteiger partial charge in [0.15, 0.2) is 0 Å². The van der Waals surface area contributed by atoms with Crippen LogP contribution in [0.5, 0.6) is 0 Å². The number of aromatic carboxylic acids is 1. The number of aromatic amines is 1. The number of nitro groups is 1. The van der Waals surface area contributed by atoms with Crippen LogP contribution in [0.25, 0.3) is 0 Å². The van der Waals surface area contributed by atoms with Crippen LogP contribution in [-0.4, -0.2) is 21.0 Å². The molecular formula is C9H10N2O5. The SMILES string of the molecule is CC(C)c1c([N+](=O)[O-])c[nH]c(=O)c1C(=O)O. The number of hydrogen-bond donors (Lipinski definition) is 2. The smallest absolute Gasteiger partial charge is 0.341 e. The average molecular weight is 226 g/mol. The van der Waals surface area contributed by atoms with Gasteiger partial charge in [0.25, 0.3) is 11.2 Å². The molecule has 7 heteroatoms. The van der Waals surface area contributed by atoms with E-state index in [-0.39, 0.29) is 11.3 Å². The highest BCUT2D eigenvalue weighted by Crippen LogP contribution is 2.26. The number of hydrogen-bond acceptors (Lipinski definition) is 4. The number of aromatic nitrogens is 1. The first kappa shape index (κ1) is 11.9. The molecule has 0 atom stereocenters. The van der Waals surface area contributed by atoms with Crippen LogP contribution in [0.15, 0.2) is 11.0 Å². The summed E-state index contributed by atoms with van der Waals surface area (Å²) in [5, 5.41) is 19.6. The Labute approximate surface area is 89.9 Å². The number of carboxylic acids is 1. The topological polar surface area (TPSA) is 113 Å². The molecule has 0 amide bonds. The van der Waals surface area contributed by atoms with E-state index in [1.807, 2.05) is 4.98 Å². The molecule has 0 radical (unpaired) electrons. The molecule has 0 aliphatic carbocycles. The molecule has 0 fully saturated rings. The van der Waals surface area contributed by atoms with Crippen LogP contribution in [0.4, 0.5) is 5.69 Å². The first-order chi connectivity index (χ1) is 7.36. The van der Waals surface area contributed by atoms with E-state index < -0.39 is 27.9 Å². The van der Waals surface area contributed by atoms with E-state index in [2.05, 4.69) is 0 Å². The molecule has 0 aliphatic heterocycles. The minimum Gasteiger partial charge on any atom is -0.477 e. The highest BCUT2D eigenvalue weighted by atomic mass is 16.6. The summed E-state index contributed by atoms with van der Waals surface area (Å²) in [5.41, 5.74) is -1.83. The van der Waals surface area contributed by atoms with Crippen LogP contribution < -0.4 is 5.56 Å². The average Bonchev–Trinajstić information content (AvgIpc) is 2.15. The van der Waals surface area contributed by atoms with Gasteiger partial charge in [-0.1, -0.05) is 13.8 Å². The van der Waals surface area contributed by atoms with E-state index >= 15 is 0 Å². The maximum Gasteiger partial charge on any atom is 0.341 e. The van der Waals surface area contributed by atoms with E-state index in [1.165, 1.54) is 0 Å². The molecule has 0 aliphatic rings. The van der Waals surface area contributed by atoms with Crippen LogP contribution >= 0.6 is 0 Å². The summed E-state index contributed by atoms with van der Waals surface area (Å²) in [7, 11) is 0. The summed E-state index contributed by atoms with van der Waals surface area (Å²) >= 11 is 0. The fraction of sp³-hybridized carbons (Fsp3) is 0.333. The quantitative estimate of drug-likeness (QED) is 0.591. The fourth-order valence-electron chi connectivity index (χ4n) is 1.48. The van der Waals surface area contributed by atoms with E-state index in [0.29, 0.717) is 0 Å². The Morgan fingerprint density at radius 2 is 2.12 bits per heavy atom. The third kappa shape index (κ3) is 1.92. The van der Waals surface area contributed by atoms with Gasteiger partial charge in [0, 0.05) is 0 Å². The Morgan fingerprint density at radius 3 is 2.50 bits per heavy atom. The van der Waals surface area contributed by atoms with Crippen LogP contribution in [0, 0.1) is 10.1 Å². The first-order valence-corrected chi connectivity index (χ1v) is 4.49. The summed E-state index contributed by atoms with van der Waals surface area (Å²) in [6.07, 6.45) is 0.921. The van der Waals surface area contributed by atoms with Gasteiger partial charge in [-0.05, 0) is 5.92 Å². The predicted molar refractivity (Wildman–Crippen MR) is 54.8 cm³/mol. The summed E-state index contributed by atoms with van der Waals surface area (Å²) in [4.78, 5) is 34.2. The van der Waals surface area contributed by atoms with E-state index in [1.54, 1.807) is 13.8 Å². The van der Waals surface area contributed by atoms with Gasteiger partial charge in [-0.3, -0.25) is 14.9 Å². The molecule has 0 saturated heterocycles. The second-order valence-electron chi connectivity index (χ2n) is 3.51. The van der Waals surface area contributed by atoms with E-state index in [0.717, 1.165) is 6.20 Å². The van der Waals surface area contributed by atoms with Crippen molar-refractivity contribution in [2.24, 2.45) is 0 Å². The van der Waals surface area contributed by atoms with Gasteiger partial charge in [0.05, 0.1) is 16.7 Å². The number of H-pyrrole nitrogens is 1. The van der Waals surface area contributed by atoms with Crippen molar-refractivity contribution in [3.05, 3.63) is 37.8 Å². The van der Waals surface area contributed by atoms with E-state index in [9.17, 15) is 19.7 Å². The number of carbonyl (C=O) groups is 1. The molecule has 0 spiro atoms. The summed E-state index contributed by atoms with van der Waals surface area (Å²) in [6, 6.07) is 0. The van der Waals surface area contributed by atoms with Crippen molar-refractivity contribution in [3.63, 3.8) is 0 Å². The Balaban J connectivity index is 3.70. The third-order valence-corrected chi connectivity index (χ3v) is 2.10. The second-order valence-corrected chi connectivity index (χ2v) is 3.51. The molecule has 0 aromatic carbocycles. The van der Waals surface area contributed by atoms with Gasteiger partial charge in [-0.15, -0.1) is 0 Å². The summed E-state index contributed by atoms with van der Waals surface area (Å²) < 4.78 is 0. The molecule has 0 unspecified atom stereocenters. The number of rotatable bonds is 3. The van der Waals surface area contributed by atoms with Crippen molar-refractivity contribution >= 4 is 11.7 Å². The zero-order valence-corrected chi connectivity index (χ0v) is 8.68. The Bertz CT molecular complexity index is 503. The largest absolute Gasteiger partial charge is 0.477 e.